The van der Waals surface area contributed by atoms with Crippen LogP contribution in [0.2, 0.25) is 0 Å². The lowest BCUT2D eigenvalue weighted by molar-refractivity contribution is -0.120. The third-order valence-corrected chi connectivity index (χ3v) is 9.81. The van der Waals surface area contributed by atoms with Crippen molar-refractivity contribution in [3.8, 4) is 0 Å². The number of carbonyl (C=O) groups excluding carboxylic acids is 3. The molecule has 3 aliphatic rings. The summed E-state index contributed by atoms with van der Waals surface area (Å²) in [5.41, 5.74) is 0.699. The second kappa shape index (κ2) is 15.0. The van der Waals surface area contributed by atoms with Crippen LogP contribution >= 0.6 is 0 Å². The largest absolute Gasteiger partial charge is 0.453 e. The molecule has 1 aromatic heterocycles. The Morgan fingerprint density at radius 1 is 1.07 bits per heavy atom. The van der Waals surface area contributed by atoms with E-state index in [2.05, 4.69) is 20.4 Å². The van der Waals surface area contributed by atoms with E-state index in [0.717, 1.165) is 62.5 Å². The topological polar surface area (TPSA) is 136 Å². The number of benzene rings is 1. The van der Waals surface area contributed by atoms with E-state index in [1.807, 2.05) is 38.1 Å². The molecule has 252 valence electrons. The number of pyridine rings is 1. The number of likely N-dealkylation sites (tertiary alicyclic amines) is 1. The van der Waals surface area contributed by atoms with Crippen molar-refractivity contribution < 1.29 is 24.2 Å². The first-order chi connectivity index (χ1) is 22.0. The second-order valence-corrected chi connectivity index (χ2v) is 13.5. The molecule has 3 saturated heterocycles. The van der Waals surface area contributed by atoms with Gasteiger partial charge in [-0.25, -0.2) is 4.79 Å². The van der Waals surface area contributed by atoms with Gasteiger partial charge in [0.05, 0.1) is 25.3 Å². The minimum Gasteiger partial charge on any atom is -0.453 e. The highest BCUT2D eigenvalue weighted by Gasteiger charge is 2.42. The summed E-state index contributed by atoms with van der Waals surface area (Å²) in [6.07, 6.45) is 4.13. The van der Waals surface area contributed by atoms with Gasteiger partial charge < -0.3 is 29.9 Å². The molecule has 12 heteroatoms. The molecule has 0 spiro atoms. The van der Waals surface area contributed by atoms with Gasteiger partial charge in [0, 0.05) is 63.3 Å². The lowest BCUT2D eigenvalue weighted by atomic mass is 9.96. The number of para-hydroxylation sites is 1. The van der Waals surface area contributed by atoms with Crippen molar-refractivity contribution in [2.45, 2.75) is 95.6 Å². The number of nitrogens with zero attached hydrogens (tertiary/aromatic N) is 4. The first-order valence-electron chi connectivity index (χ1n) is 16.7. The SMILES string of the molecule is COC(=O)N(CCN1CCCC(NC(C)=O)C1)CC(O)CN1[C@@H]2CC[C@H]1CC(NC(=O)c1cc3ccccc3n(C(C)C)c1=O)C2. The fourth-order valence-corrected chi connectivity index (χ4v) is 7.78. The molecule has 0 radical (unpaired) electrons. The zero-order chi connectivity index (χ0) is 33.0. The lowest BCUT2D eigenvalue weighted by Crippen LogP contribution is -2.54. The van der Waals surface area contributed by atoms with E-state index >= 15 is 0 Å². The maximum Gasteiger partial charge on any atom is 0.409 e. The van der Waals surface area contributed by atoms with E-state index in [4.69, 9.17) is 4.74 Å². The highest BCUT2D eigenvalue weighted by molar-refractivity contribution is 5.97. The molecule has 12 nitrogen and oxygen atoms in total. The van der Waals surface area contributed by atoms with Crippen molar-refractivity contribution in [3.05, 3.63) is 46.2 Å². The van der Waals surface area contributed by atoms with E-state index in [1.54, 1.807) is 15.5 Å². The number of hydrogen-bond acceptors (Lipinski definition) is 8. The lowest BCUT2D eigenvalue weighted by Gasteiger charge is -2.40. The monoisotopic (exact) mass is 638 g/mol. The number of piperidine rings is 2. The third kappa shape index (κ3) is 7.90. The average molecular weight is 639 g/mol. The predicted octanol–water partition coefficient (Wildman–Crippen LogP) is 2.34. The molecule has 1 aromatic carbocycles. The van der Waals surface area contributed by atoms with E-state index in [0.29, 0.717) is 19.6 Å². The zero-order valence-corrected chi connectivity index (χ0v) is 27.6. The summed E-state index contributed by atoms with van der Waals surface area (Å²) in [7, 11) is 1.35. The van der Waals surface area contributed by atoms with Crippen molar-refractivity contribution in [1.82, 2.24) is 29.9 Å². The van der Waals surface area contributed by atoms with Gasteiger partial charge in [0.1, 0.15) is 5.56 Å². The van der Waals surface area contributed by atoms with Crippen molar-refractivity contribution >= 4 is 28.8 Å². The summed E-state index contributed by atoms with van der Waals surface area (Å²) in [6.45, 7) is 8.71. The van der Waals surface area contributed by atoms with Crippen LogP contribution in [0.15, 0.2) is 35.1 Å². The molecule has 3 unspecified atom stereocenters. The summed E-state index contributed by atoms with van der Waals surface area (Å²) in [5.74, 6) is -0.374. The highest BCUT2D eigenvalue weighted by atomic mass is 16.5. The molecule has 3 aliphatic heterocycles. The zero-order valence-electron chi connectivity index (χ0n) is 27.6. The molecule has 46 heavy (non-hydrogen) atoms. The number of amides is 3. The van der Waals surface area contributed by atoms with Crippen molar-refractivity contribution in [2.75, 3.05) is 46.4 Å². The minimum atomic E-state index is -0.756. The number of rotatable bonds is 11. The quantitative estimate of drug-likeness (QED) is 0.341. The van der Waals surface area contributed by atoms with E-state index in [9.17, 15) is 24.3 Å². The van der Waals surface area contributed by atoms with Crippen LogP contribution < -0.4 is 16.2 Å². The molecular weight excluding hydrogens is 588 g/mol. The highest BCUT2D eigenvalue weighted by Crippen LogP contribution is 2.36. The van der Waals surface area contributed by atoms with Crippen LogP contribution in [0.3, 0.4) is 0 Å². The molecule has 2 bridgehead atoms. The van der Waals surface area contributed by atoms with Gasteiger partial charge >= 0.3 is 6.09 Å². The standard InChI is InChI=1S/C34H50N6O6/c1-22(2)40-31-10-6-5-8-24(31)16-30(33(40)44)32(43)36-26-17-27-11-12-28(18-26)39(27)21-29(42)20-38(34(45)46-4)15-14-37-13-7-9-25(19-37)35-23(3)41/h5-6,8,10,16,22,25-29,42H,7,9,11-15,17-21H2,1-4H3,(H,35,41)(H,36,43)/t25?,26?,27-,28+,29?. The van der Waals surface area contributed by atoms with Gasteiger partial charge in [0.15, 0.2) is 0 Å². The number of nitrogens with one attached hydrogen (secondary N) is 2. The van der Waals surface area contributed by atoms with Crippen LogP contribution in [0, 0.1) is 0 Å². The van der Waals surface area contributed by atoms with E-state index in [-0.39, 0.29) is 59.7 Å². The van der Waals surface area contributed by atoms with Gasteiger partial charge in [-0.1, -0.05) is 18.2 Å². The van der Waals surface area contributed by atoms with Crippen LogP contribution in [0.1, 0.15) is 75.7 Å². The Morgan fingerprint density at radius 3 is 2.46 bits per heavy atom. The summed E-state index contributed by atoms with van der Waals surface area (Å²) in [6, 6.07) is 9.70. The Labute approximate surface area is 271 Å². The fourth-order valence-electron chi connectivity index (χ4n) is 7.78. The Balaban J connectivity index is 1.16. The number of fused-ring (bicyclic) bond motifs is 3. The van der Waals surface area contributed by atoms with Gasteiger partial charge in [0.2, 0.25) is 5.91 Å². The van der Waals surface area contributed by atoms with Gasteiger partial charge in [-0.3, -0.25) is 24.2 Å². The number of aliphatic hydroxyl groups is 1. The smallest absolute Gasteiger partial charge is 0.409 e. The molecular formula is C34H50N6O6. The molecule has 3 amide bonds. The molecule has 0 aliphatic carbocycles. The third-order valence-electron chi connectivity index (χ3n) is 9.81. The summed E-state index contributed by atoms with van der Waals surface area (Å²) >= 11 is 0. The van der Waals surface area contributed by atoms with Gasteiger partial charge in [-0.15, -0.1) is 0 Å². The van der Waals surface area contributed by atoms with Gasteiger partial charge in [-0.2, -0.15) is 0 Å². The van der Waals surface area contributed by atoms with Crippen LogP contribution in [-0.2, 0) is 9.53 Å². The average Bonchev–Trinajstić information content (AvgIpc) is 3.23. The molecule has 0 saturated carbocycles. The normalized spacial score (nSPS) is 24.1. The molecule has 3 fully saturated rings. The molecule has 4 heterocycles. The minimum absolute atomic E-state index is 0.0348. The van der Waals surface area contributed by atoms with Crippen molar-refractivity contribution in [1.29, 1.82) is 0 Å². The molecule has 5 atom stereocenters. The second-order valence-electron chi connectivity index (χ2n) is 13.5. The van der Waals surface area contributed by atoms with Crippen LogP contribution in [-0.4, -0.2) is 119 Å². The maximum absolute atomic E-state index is 13.5. The summed E-state index contributed by atoms with van der Waals surface area (Å²) < 4.78 is 6.72. The Bertz CT molecular complexity index is 1450. The number of hydrogen-bond donors (Lipinski definition) is 3. The molecule has 3 N–H and O–H groups in total. The van der Waals surface area contributed by atoms with Crippen LogP contribution in [0.4, 0.5) is 4.79 Å². The van der Waals surface area contributed by atoms with Crippen LogP contribution in [0.25, 0.3) is 10.9 Å². The number of aliphatic hydroxyl groups excluding tert-OH is 1. The van der Waals surface area contributed by atoms with E-state index in [1.165, 1.54) is 14.0 Å². The summed E-state index contributed by atoms with van der Waals surface area (Å²) in [4.78, 5) is 57.1. The number of methoxy groups -OCH3 is 1. The Hall–Kier alpha value is -3.48. The number of carbonyl (C=O) groups is 3. The van der Waals surface area contributed by atoms with E-state index < -0.39 is 12.2 Å². The summed E-state index contributed by atoms with van der Waals surface area (Å²) in [5, 5.41) is 18.2. The number of ether oxygens (including phenoxy) is 1. The van der Waals surface area contributed by atoms with Crippen LogP contribution in [0.5, 0.6) is 0 Å². The van der Waals surface area contributed by atoms with Crippen molar-refractivity contribution in [3.63, 3.8) is 0 Å². The molecule has 5 rings (SSSR count). The predicted molar refractivity (Wildman–Crippen MR) is 176 cm³/mol. The maximum atomic E-state index is 13.5. The Morgan fingerprint density at radius 2 is 1.78 bits per heavy atom. The van der Waals surface area contributed by atoms with Gasteiger partial charge in [-0.05, 0) is 76.4 Å². The number of aromatic nitrogens is 1. The molecule has 2 aromatic rings. The fraction of sp³-hybridized carbons (Fsp3) is 0.647. The van der Waals surface area contributed by atoms with Crippen molar-refractivity contribution in [2.24, 2.45) is 0 Å². The first kappa shape index (κ1) is 33.9. The Kier molecular flexibility index (Phi) is 11.0. The van der Waals surface area contributed by atoms with Gasteiger partial charge in [0.25, 0.3) is 11.5 Å². The first-order valence-corrected chi connectivity index (χ1v) is 16.7.